The van der Waals surface area contributed by atoms with Crippen LogP contribution in [-0.2, 0) is 17.6 Å². The van der Waals surface area contributed by atoms with Crippen LogP contribution in [-0.4, -0.2) is 31.8 Å². The maximum atomic E-state index is 12.8. The normalized spacial score (nSPS) is 16.4. The van der Waals surface area contributed by atoms with Crippen molar-refractivity contribution < 1.29 is 9.53 Å². The molecule has 0 radical (unpaired) electrons. The summed E-state index contributed by atoms with van der Waals surface area (Å²) < 4.78 is 5.58. The number of anilines is 1. The number of thiophene rings is 1. The van der Waals surface area contributed by atoms with Gasteiger partial charge >= 0.3 is 0 Å². The first kappa shape index (κ1) is 17.0. The van der Waals surface area contributed by atoms with Crippen molar-refractivity contribution in [3.05, 3.63) is 58.5 Å². The second-order valence-electron chi connectivity index (χ2n) is 6.55. The van der Waals surface area contributed by atoms with Crippen molar-refractivity contribution in [1.29, 1.82) is 0 Å². The number of hydrogen-bond acceptors (Lipinski definition) is 4. The molecule has 0 fully saturated rings. The van der Waals surface area contributed by atoms with Gasteiger partial charge in [-0.3, -0.25) is 14.7 Å². The lowest BCUT2D eigenvalue weighted by molar-refractivity contribution is -0.117. The van der Waals surface area contributed by atoms with Crippen LogP contribution in [0.15, 0.2) is 41.9 Å². The summed E-state index contributed by atoms with van der Waals surface area (Å²) in [5.41, 5.74) is 4.33. The van der Waals surface area contributed by atoms with Crippen LogP contribution in [0.1, 0.15) is 34.4 Å². The highest BCUT2D eigenvalue weighted by Crippen LogP contribution is 2.43. The number of aliphatic imine (C=N–C) groups is 1. The molecular weight excluding hydrogens is 344 g/mol. The summed E-state index contributed by atoms with van der Waals surface area (Å²) >= 11 is 1.75. The first-order chi connectivity index (χ1) is 12.7. The molecule has 5 heteroatoms. The van der Waals surface area contributed by atoms with Gasteiger partial charge in [-0.15, -0.1) is 17.9 Å². The standard InChI is InChI=1S/C21H22N2O2S/c1-3-12-23-18(24)13-22-20(14-8-4-6-10-16(14)25-2)19-15-9-5-7-11-17(15)26-21(19)23/h3-4,6,8,10H,1,5,7,9,11-13H2,2H3. The fraction of sp³-hybridized carbons (Fsp3) is 0.333. The minimum Gasteiger partial charge on any atom is -0.496 e. The number of ether oxygens (including phenoxy) is 1. The van der Waals surface area contributed by atoms with Crippen LogP contribution >= 0.6 is 11.3 Å². The first-order valence-electron chi connectivity index (χ1n) is 8.98. The minimum absolute atomic E-state index is 0.0228. The summed E-state index contributed by atoms with van der Waals surface area (Å²) in [4.78, 5) is 20.8. The molecule has 0 atom stereocenters. The Morgan fingerprint density at radius 2 is 2.12 bits per heavy atom. The van der Waals surface area contributed by atoms with E-state index in [2.05, 4.69) is 6.58 Å². The predicted octanol–water partition coefficient (Wildman–Crippen LogP) is 4.01. The van der Waals surface area contributed by atoms with Crippen molar-refractivity contribution >= 4 is 28.0 Å². The zero-order chi connectivity index (χ0) is 18.1. The molecule has 1 aliphatic carbocycles. The van der Waals surface area contributed by atoms with Crippen LogP contribution in [0.4, 0.5) is 5.00 Å². The highest BCUT2D eigenvalue weighted by atomic mass is 32.1. The highest BCUT2D eigenvalue weighted by Gasteiger charge is 2.32. The van der Waals surface area contributed by atoms with Crippen LogP contribution < -0.4 is 9.64 Å². The third-order valence-corrected chi connectivity index (χ3v) is 6.30. The average Bonchev–Trinajstić information content (AvgIpc) is 2.99. The summed E-state index contributed by atoms with van der Waals surface area (Å²) in [5.74, 6) is 0.812. The largest absolute Gasteiger partial charge is 0.496 e. The number of rotatable bonds is 4. The molecule has 0 bridgehead atoms. The van der Waals surface area contributed by atoms with E-state index in [4.69, 9.17) is 9.73 Å². The van der Waals surface area contributed by atoms with Gasteiger partial charge in [0.15, 0.2) is 0 Å². The van der Waals surface area contributed by atoms with Crippen molar-refractivity contribution in [2.24, 2.45) is 4.99 Å². The summed E-state index contributed by atoms with van der Waals surface area (Å²) in [6.07, 6.45) is 6.32. The Bertz CT molecular complexity index is 897. The molecule has 4 nitrogen and oxygen atoms in total. The van der Waals surface area contributed by atoms with Crippen LogP contribution in [0.2, 0.25) is 0 Å². The smallest absolute Gasteiger partial charge is 0.249 e. The molecule has 2 aliphatic rings. The fourth-order valence-corrected chi connectivity index (χ4v) is 5.20. The van der Waals surface area contributed by atoms with Gasteiger partial charge in [-0.1, -0.05) is 18.2 Å². The lowest BCUT2D eigenvalue weighted by Gasteiger charge is -2.19. The van der Waals surface area contributed by atoms with E-state index in [1.54, 1.807) is 24.5 Å². The van der Waals surface area contributed by atoms with Gasteiger partial charge in [0.1, 0.15) is 17.3 Å². The summed E-state index contributed by atoms with van der Waals surface area (Å²) in [6, 6.07) is 7.93. The fourth-order valence-electron chi connectivity index (χ4n) is 3.78. The quantitative estimate of drug-likeness (QED) is 0.768. The van der Waals surface area contributed by atoms with Crippen LogP contribution in [0.5, 0.6) is 5.75 Å². The Balaban J connectivity index is 1.96. The molecule has 4 rings (SSSR count). The number of hydrogen-bond donors (Lipinski definition) is 0. The van der Waals surface area contributed by atoms with Gasteiger partial charge < -0.3 is 4.74 Å². The molecule has 2 aromatic rings. The Hall–Kier alpha value is -2.40. The highest BCUT2D eigenvalue weighted by molar-refractivity contribution is 7.17. The van der Waals surface area contributed by atoms with Crippen LogP contribution in [0.25, 0.3) is 0 Å². The number of aryl methyl sites for hydroxylation is 1. The van der Waals surface area contributed by atoms with Crippen LogP contribution in [0, 0.1) is 0 Å². The van der Waals surface area contributed by atoms with Crippen molar-refractivity contribution in [2.75, 3.05) is 25.1 Å². The number of fused-ring (bicyclic) bond motifs is 3. The minimum atomic E-state index is 0.0228. The van der Waals surface area contributed by atoms with E-state index in [1.807, 2.05) is 29.2 Å². The molecule has 1 amide bonds. The third kappa shape index (κ3) is 2.76. The topological polar surface area (TPSA) is 41.9 Å². The molecular formula is C21H22N2O2S. The number of amides is 1. The summed E-state index contributed by atoms with van der Waals surface area (Å²) in [6.45, 7) is 4.50. The lowest BCUT2D eigenvalue weighted by atomic mass is 9.91. The van der Waals surface area contributed by atoms with E-state index in [9.17, 15) is 4.79 Å². The second kappa shape index (κ2) is 7.08. The molecule has 0 spiro atoms. The van der Waals surface area contributed by atoms with E-state index >= 15 is 0 Å². The van der Waals surface area contributed by atoms with Crippen LogP contribution in [0.3, 0.4) is 0 Å². The molecule has 1 aromatic heterocycles. The Labute approximate surface area is 157 Å². The molecule has 134 valence electrons. The monoisotopic (exact) mass is 366 g/mol. The molecule has 0 unspecified atom stereocenters. The van der Waals surface area contributed by atoms with E-state index in [1.165, 1.54) is 23.3 Å². The molecule has 1 aliphatic heterocycles. The van der Waals surface area contributed by atoms with E-state index in [0.29, 0.717) is 6.54 Å². The SMILES string of the molecule is C=CCN1C(=O)CN=C(c2ccccc2OC)c2c1sc1c2CCCC1. The predicted molar refractivity (Wildman–Crippen MR) is 107 cm³/mol. The number of benzene rings is 1. The van der Waals surface area contributed by atoms with E-state index in [-0.39, 0.29) is 12.5 Å². The molecule has 1 aromatic carbocycles. The van der Waals surface area contributed by atoms with Gasteiger partial charge in [0.05, 0.1) is 12.8 Å². The van der Waals surface area contributed by atoms with E-state index in [0.717, 1.165) is 40.4 Å². The second-order valence-corrected chi connectivity index (χ2v) is 7.63. The molecule has 2 heterocycles. The number of para-hydroxylation sites is 1. The van der Waals surface area contributed by atoms with Gasteiger partial charge in [-0.05, 0) is 43.4 Å². The zero-order valence-corrected chi connectivity index (χ0v) is 15.8. The van der Waals surface area contributed by atoms with Gasteiger partial charge in [0.25, 0.3) is 0 Å². The third-order valence-electron chi connectivity index (χ3n) is 4.98. The van der Waals surface area contributed by atoms with Crippen molar-refractivity contribution in [3.63, 3.8) is 0 Å². The van der Waals surface area contributed by atoms with Crippen molar-refractivity contribution in [2.45, 2.75) is 25.7 Å². The van der Waals surface area contributed by atoms with Gasteiger partial charge in [0, 0.05) is 22.5 Å². The maximum Gasteiger partial charge on any atom is 0.249 e. The molecule has 0 N–H and O–H groups in total. The maximum absolute atomic E-state index is 12.8. The molecule has 0 saturated heterocycles. The Morgan fingerprint density at radius 3 is 2.92 bits per heavy atom. The number of carbonyl (C=O) groups is 1. The van der Waals surface area contributed by atoms with Gasteiger partial charge in [0.2, 0.25) is 5.91 Å². The summed E-state index contributed by atoms with van der Waals surface area (Å²) in [7, 11) is 1.68. The number of carbonyl (C=O) groups excluding carboxylic acids is 1. The average molecular weight is 366 g/mol. The van der Waals surface area contributed by atoms with Gasteiger partial charge in [-0.25, -0.2) is 0 Å². The number of nitrogens with zero attached hydrogens (tertiary/aromatic N) is 2. The van der Waals surface area contributed by atoms with Crippen molar-refractivity contribution in [1.82, 2.24) is 0 Å². The van der Waals surface area contributed by atoms with E-state index < -0.39 is 0 Å². The Morgan fingerprint density at radius 1 is 1.31 bits per heavy atom. The molecule has 0 saturated carbocycles. The Kier molecular flexibility index (Phi) is 4.64. The van der Waals surface area contributed by atoms with Gasteiger partial charge in [-0.2, -0.15) is 0 Å². The van der Waals surface area contributed by atoms with Crippen molar-refractivity contribution in [3.8, 4) is 5.75 Å². The molecule has 26 heavy (non-hydrogen) atoms. The number of methoxy groups -OCH3 is 1. The summed E-state index contributed by atoms with van der Waals surface area (Å²) in [5, 5.41) is 1.02. The zero-order valence-electron chi connectivity index (χ0n) is 15.0. The lowest BCUT2D eigenvalue weighted by Crippen LogP contribution is -2.31. The first-order valence-corrected chi connectivity index (χ1v) is 9.80.